The fraction of sp³-hybridized carbons (Fsp3) is 0.550. The van der Waals surface area contributed by atoms with Crippen molar-refractivity contribution in [3.8, 4) is 11.4 Å². The summed E-state index contributed by atoms with van der Waals surface area (Å²) in [6.07, 6.45) is 3.75. The predicted octanol–water partition coefficient (Wildman–Crippen LogP) is 4.64. The van der Waals surface area contributed by atoms with Gasteiger partial charge in [-0.15, -0.1) is 0 Å². The van der Waals surface area contributed by atoms with Crippen LogP contribution in [0.1, 0.15) is 52.0 Å². The molecule has 0 saturated heterocycles. The molecule has 0 spiro atoms. The molecule has 0 aliphatic rings. The zero-order chi connectivity index (χ0) is 19.1. The number of H-pyrrole nitrogens is 1. The van der Waals surface area contributed by atoms with Crippen LogP contribution in [0.25, 0.3) is 11.4 Å². The van der Waals surface area contributed by atoms with Crippen LogP contribution in [0, 0.1) is 17.6 Å². The highest BCUT2D eigenvalue weighted by molar-refractivity contribution is 7.71. The quantitative estimate of drug-likeness (QED) is 0.629. The highest BCUT2D eigenvalue weighted by Gasteiger charge is 2.12. The van der Waals surface area contributed by atoms with Gasteiger partial charge in [-0.05, 0) is 38.4 Å². The van der Waals surface area contributed by atoms with Crippen LogP contribution in [0.4, 0.5) is 0 Å². The second-order valence-electron chi connectivity index (χ2n) is 7.41. The third-order valence-corrected chi connectivity index (χ3v) is 4.77. The van der Waals surface area contributed by atoms with Gasteiger partial charge in [0.1, 0.15) is 0 Å². The van der Waals surface area contributed by atoms with E-state index >= 15 is 0 Å². The number of aryl methyl sites for hydroxylation is 1. The van der Waals surface area contributed by atoms with Crippen molar-refractivity contribution < 1.29 is 4.79 Å². The van der Waals surface area contributed by atoms with Crippen LogP contribution >= 0.6 is 12.2 Å². The van der Waals surface area contributed by atoms with Crippen molar-refractivity contribution in [2.75, 3.05) is 0 Å². The Kier molecular flexibility index (Phi) is 7.57. The molecule has 5 nitrogen and oxygen atoms in total. The van der Waals surface area contributed by atoms with E-state index in [1.54, 1.807) is 0 Å². The molecule has 0 fully saturated rings. The molecule has 1 aromatic carbocycles. The first-order chi connectivity index (χ1) is 12.4. The molecule has 0 bridgehead atoms. The maximum atomic E-state index is 12.3. The first-order valence-corrected chi connectivity index (χ1v) is 9.79. The lowest BCUT2D eigenvalue weighted by atomic mass is 10.0. The van der Waals surface area contributed by atoms with E-state index in [1.807, 2.05) is 35.8 Å². The maximum Gasteiger partial charge on any atom is 0.222 e. The highest BCUT2D eigenvalue weighted by Crippen LogP contribution is 2.18. The van der Waals surface area contributed by atoms with E-state index in [1.165, 1.54) is 12.0 Å². The van der Waals surface area contributed by atoms with Gasteiger partial charge in [-0.3, -0.25) is 14.5 Å². The zero-order valence-electron chi connectivity index (χ0n) is 16.2. The zero-order valence-corrected chi connectivity index (χ0v) is 17.0. The molecule has 6 heteroatoms. The van der Waals surface area contributed by atoms with Gasteiger partial charge in [0.05, 0.1) is 0 Å². The van der Waals surface area contributed by atoms with Gasteiger partial charge in [0.15, 0.2) is 10.6 Å². The molecule has 2 rings (SSSR count). The number of hydrogen-bond acceptors (Lipinski definition) is 3. The molecule has 26 heavy (non-hydrogen) atoms. The van der Waals surface area contributed by atoms with Gasteiger partial charge in [0.25, 0.3) is 0 Å². The summed E-state index contributed by atoms with van der Waals surface area (Å²) in [5, 5.41) is 10.2. The fourth-order valence-corrected chi connectivity index (χ4v) is 3.14. The topological polar surface area (TPSA) is 62.7 Å². The van der Waals surface area contributed by atoms with Crippen LogP contribution in [0.5, 0.6) is 0 Å². The van der Waals surface area contributed by atoms with E-state index in [2.05, 4.69) is 36.3 Å². The number of aromatic amines is 1. The molecule has 1 aromatic heterocycles. The number of nitrogens with one attached hydrogen (secondary N) is 2. The number of hydrogen-bond donors (Lipinski definition) is 2. The minimum Gasteiger partial charge on any atom is -0.354 e. The lowest BCUT2D eigenvalue weighted by molar-refractivity contribution is -0.121. The molecule has 0 saturated carbocycles. The molecule has 2 aromatic rings. The Labute approximate surface area is 161 Å². The van der Waals surface area contributed by atoms with Gasteiger partial charge < -0.3 is 5.32 Å². The normalized spacial score (nSPS) is 12.3. The van der Waals surface area contributed by atoms with Crippen LogP contribution < -0.4 is 5.32 Å². The summed E-state index contributed by atoms with van der Waals surface area (Å²) in [6.45, 7) is 9.09. The summed E-state index contributed by atoms with van der Waals surface area (Å²) in [5.41, 5.74) is 2.19. The molecule has 142 valence electrons. The Morgan fingerprint density at radius 1 is 1.23 bits per heavy atom. The Balaban J connectivity index is 1.91. The van der Waals surface area contributed by atoms with Crippen molar-refractivity contribution in [2.24, 2.45) is 5.92 Å². The van der Waals surface area contributed by atoms with E-state index < -0.39 is 0 Å². The lowest BCUT2D eigenvalue weighted by Crippen LogP contribution is -2.33. The van der Waals surface area contributed by atoms with Crippen molar-refractivity contribution in [1.82, 2.24) is 20.1 Å². The third kappa shape index (κ3) is 6.09. The van der Waals surface area contributed by atoms with Gasteiger partial charge >= 0.3 is 0 Å². The minimum absolute atomic E-state index is 0.0556. The summed E-state index contributed by atoms with van der Waals surface area (Å²) in [7, 11) is 0. The molecule has 1 amide bonds. The van der Waals surface area contributed by atoms with Crippen molar-refractivity contribution in [3.63, 3.8) is 0 Å². The second kappa shape index (κ2) is 9.67. The molecular formula is C20H30N4OS. The summed E-state index contributed by atoms with van der Waals surface area (Å²) < 4.78 is 2.43. The number of amides is 1. The van der Waals surface area contributed by atoms with Crippen molar-refractivity contribution >= 4 is 18.1 Å². The van der Waals surface area contributed by atoms with Crippen molar-refractivity contribution in [3.05, 3.63) is 34.6 Å². The maximum absolute atomic E-state index is 12.3. The number of aromatic nitrogens is 3. The van der Waals surface area contributed by atoms with Crippen LogP contribution in [0.3, 0.4) is 0 Å². The molecule has 0 aliphatic carbocycles. The second-order valence-corrected chi connectivity index (χ2v) is 7.80. The van der Waals surface area contributed by atoms with Crippen molar-refractivity contribution in [2.45, 2.75) is 66.0 Å². The average Bonchev–Trinajstić information content (AvgIpc) is 2.94. The largest absolute Gasteiger partial charge is 0.354 e. The molecule has 1 atom stereocenters. The van der Waals surface area contributed by atoms with Crippen molar-refractivity contribution in [1.29, 1.82) is 0 Å². The fourth-order valence-electron chi connectivity index (χ4n) is 2.91. The first kappa shape index (κ1) is 20.4. The summed E-state index contributed by atoms with van der Waals surface area (Å²) in [6, 6.07) is 8.34. The Morgan fingerprint density at radius 2 is 1.92 bits per heavy atom. The number of benzene rings is 1. The van der Waals surface area contributed by atoms with Crippen LogP contribution in [0.2, 0.25) is 0 Å². The third-order valence-electron chi connectivity index (χ3n) is 4.46. The van der Waals surface area contributed by atoms with Gasteiger partial charge in [-0.2, -0.15) is 5.10 Å². The number of rotatable bonds is 9. The number of nitrogens with zero attached hydrogens (tertiary/aromatic N) is 2. The van der Waals surface area contributed by atoms with E-state index in [9.17, 15) is 4.79 Å². The monoisotopic (exact) mass is 374 g/mol. The van der Waals surface area contributed by atoms with Crippen LogP contribution in [-0.4, -0.2) is 26.7 Å². The Hall–Kier alpha value is -1.95. The summed E-state index contributed by atoms with van der Waals surface area (Å²) >= 11 is 5.33. The minimum atomic E-state index is 0.0556. The standard InChI is InChI=1S/C20H30N4OS/c1-14(2)6-5-7-16(4)21-18(25)12-13-24-19(22-23-20(24)26)17-10-8-15(3)9-11-17/h8-11,14,16H,5-7,12-13H2,1-4H3,(H,21,25)(H,23,26). The van der Waals surface area contributed by atoms with Gasteiger partial charge in [0, 0.05) is 24.6 Å². The van der Waals surface area contributed by atoms with E-state index in [4.69, 9.17) is 12.2 Å². The van der Waals surface area contributed by atoms with Crippen LogP contribution in [0.15, 0.2) is 24.3 Å². The van der Waals surface area contributed by atoms with Crippen LogP contribution in [-0.2, 0) is 11.3 Å². The molecule has 1 unspecified atom stereocenters. The molecule has 1 heterocycles. The summed E-state index contributed by atoms with van der Waals surface area (Å²) in [4.78, 5) is 12.3. The SMILES string of the molecule is Cc1ccc(-c2n[nH]c(=S)n2CCC(=O)NC(C)CCCC(C)C)cc1. The lowest BCUT2D eigenvalue weighted by Gasteiger charge is -2.15. The predicted molar refractivity (Wildman–Crippen MR) is 108 cm³/mol. The number of carbonyl (C=O) groups excluding carboxylic acids is 1. The summed E-state index contributed by atoms with van der Waals surface area (Å²) in [5.74, 6) is 1.54. The van der Waals surface area contributed by atoms with E-state index in [-0.39, 0.29) is 11.9 Å². The molecule has 0 radical (unpaired) electrons. The Bertz CT molecular complexity index is 761. The number of carbonyl (C=O) groups is 1. The van der Waals surface area contributed by atoms with Gasteiger partial charge in [0.2, 0.25) is 5.91 Å². The first-order valence-electron chi connectivity index (χ1n) is 9.38. The van der Waals surface area contributed by atoms with E-state index in [0.717, 1.165) is 24.2 Å². The average molecular weight is 375 g/mol. The highest BCUT2D eigenvalue weighted by atomic mass is 32.1. The smallest absolute Gasteiger partial charge is 0.222 e. The molecule has 0 aliphatic heterocycles. The Morgan fingerprint density at radius 3 is 2.58 bits per heavy atom. The van der Waals surface area contributed by atoms with Gasteiger partial charge in [-0.1, -0.05) is 56.5 Å². The molecular weight excluding hydrogens is 344 g/mol. The van der Waals surface area contributed by atoms with Gasteiger partial charge in [-0.25, -0.2) is 0 Å². The molecule has 2 N–H and O–H groups in total. The van der Waals surface area contributed by atoms with E-state index in [0.29, 0.717) is 23.7 Å².